The number of fused-ring (bicyclic) bond motifs is 1. The lowest BCUT2D eigenvalue weighted by molar-refractivity contribution is 0.135. The van der Waals surface area contributed by atoms with Crippen molar-refractivity contribution < 1.29 is 0 Å². The zero-order valence-electron chi connectivity index (χ0n) is 15.1. The molecular weight excluding hydrogens is 324 g/mol. The Labute approximate surface area is 154 Å². The van der Waals surface area contributed by atoms with Crippen LogP contribution in [0.25, 0.3) is 10.9 Å². The molecule has 0 radical (unpaired) electrons. The van der Waals surface area contributed by atoms with E-state index in [0.717, 1.165) is 41.4 Å². The zero-order valence-corrected chi connectivity index (χ0v) is 15.1. The van der Waals surface area contributed by atoms with E-state index in [1.54, 1.807) is 6.33 Å². The smallest absolute Gasteiger partial charge is 0.137 e. The maximum absolute atomic E-state index is 8.95. The second-order valence-corrected chi connectivity index (χ2v) is 7.34. The Morgan fingerprint density at radius 1 is 1.15 bits per heavy atom. The average Bonchev–Trinajstić information content (AvgIpc) is 2.70. The van der Waals surface area contributed by atoms with E-state index in [2.05, 4.69) is 31.6 Å². The van der Waals surface area contributed by atoms with Gasteiger partial charge in [-0.1, -0.05) is 6.07 Å². The summed E-state index contributed by atoms with van der Waals surface area (Å²) < 4.78 is 0. The van der Waals surface area contributed by atoms with Crippen molar-refractivity contribution in [2.75, 3.05) is 31.5 Å². The first-order valence-corrected chi connectivity index (χ1v) is 9.65. The molecule has 1 aromatic heterocycles. The number of nitrogens with zero attached hydrogens (tertiary/aromatic N) is 4. The SMILES string of the molecule is N#CCc1ccc2ncnc(NC3CCC(N4CCNCC4)CC3)c2c1. The third-order valence-electron chi connectivity index (χ3n) is 5.69. The highest BCUT2D eigenvalue weighted by Crippen LogP contribution is 2.28. The molecule has 136 valence electrons. The number of hydrogen-bond donors (Lipinski definition) is 2. The number of piperazine rings is 1. The molecule has 2 N–H and O–H groups in total. The summed E-state index contributed by atoms with van der Waals surface area (Å²) in [6.45, 7) is 4.61. The molecule has 1 aromatic carbocycles. The highest BCUT2D eigenvalue weighted by Gasteiger charge is 2.27. The molecule has 0 atom stereocenters. The van der Waals surface area contributed by atoms with Gasteiger partial charge in [-0.2, -0.15) is 5.26 Å². The summed E-state index contributed by atoms with van der Waals surface area (Å²) in [4.78, 5) is 11.5. The standard InChI is InChI=1S/C20H26N6/c21-8-7-15-1-6-19-18(13-15)20(24-14-23-19)25-16-2-4-17(5-3-16)26-11-9-22-10-12-26/h1,6,13-14,16-17,22H,2-5,7,9-12H2,(H,23,24,25). The first-order chi connectivity index (χ1) is 12.8. The summed E-state index contributed by atoms with van der Waals surface area (Å²) in [6.07, 6.45) is 6.90. The number of nitriles is 1. The van der Waals surface area contributed by atoms with Gasteiger partial charge in [0.2, 0.25) is 0 Å². The molecular formula is C20H26N6. The lowest BCUT2D eigenvalue weighted by Gasteiger charge is -2.39. The van der Waals surface area contributed by atoms with Crippen molar-refractivity contribution in [2.24, 2.45) is 0 Å². The van der Waals surface area contributed by atoms with Crippen LogP contribution in [0, 0.1) is 11.3 Å². The van der Waals surface area contributed by atoms with Gasteiger partial charge in [0, 0.05) is 43.6 Å². The van der Waals surface area contributed by atoms with Gasteiger partial charge in [0.15, 0.2) is 0 Å². The fourth-order valence-corrected chi connectivity index (χ4v) is 4.25. The molecule has 2 heterocycles. The molecule has 1 saturated heterocycles. The predicted octanol–water partition coefficient (Wildman–Crippen LogP) is 2.32. The van der Waals surface area contributed by atoms with Gasteiger partial charge in [-0.05, 0) is 43.4 Å². The van der Waals surface area contributed by atoms with Crippen LogP contribution in [0.5, 0.6) is 0 Å². The van der Waals surface area contributed by atoms with E-state index in [1.807, 2.05) is 18.2 Å². The fourth-order valence-electron chi connectivity index (χ4n) is 4.25. The Morgan fingerprint density at radius 2 is 1.96 bits per heavy atom. The average molecular weight is 350 g/mol. The highest BCUT2D eigenvalue weighted by molar-refractivity contribution is 5.89. The van der Waals surface area contributed by atoms with Gasteiger partial charge in [-0.3, -0.25) is 4.90 Å². The summed E-state index contributed by atoms with van der Waals surface area (Å²) in [5.41, 5.74) is 1.94. The molecule has 0 unspecified atom stereocenters. The maximum atomic E-state index is 8.95. The van der Waals surface area contributed by atoms with Crippen LogP contribution in [0.4, 0.5) is 5.82 Å². The van der Waals surface area contributed by atoms with Crippen LogP contribution in [0.2, 0.25) is 0 Å². The molecule has 6 nitrogen and oxygen atoms in total. The minimum Gasteiger partial charge on any atom is -0.367 e. The normalized spacial score (nSPS) is 24.3. The molecule has 4 rings (SSSR count). The molecule has 2 aromatic rings. The number of rotatable bonds is 4. The summed E-state index contributed by atoms with van der Waals surface area (Å²) >= 11 is 0. The second kappa shape index (κ2) is 7.98. The lowest BCUT2D eigenvalue weighted by atomic mass is 9.89. The Hall–Kier alpha value is -2.23. The molecule has 0 amide bonds. The topological polar surface area (TPSA) is 76.9 Å². The third-order valence-corrected chi connectivity index (χ3v) is 5.69. The Bertz CT molecular complexity index is 784. The van der Waals surface area contributed by atoms with Crippen molar-refractivity contribution in [3.63, 3.8) is 0 Å². The van der Waals surface area contributed by atoms with E-state index < -0.39 is 0 Å². The van der Waals surface area contributed by atoms with E-state index >= 15 is 0 Å². The fraction of sp³-hybridized carbons (Fsp3) is 0.550. The van der Waals surface area contributed by atoms with Crippen LogP contribution in [0.1, 0.15) is 31.2 Å². The number of aromatic nitrogens is 2. The number of benzene rings is 1. The van der Waals surface area contributed by atoms with Crippen molar-refractivity contribution in [2.45, 2.75) is 44.2 Å². The van der Waals surface area contributed by atoms with Gasteiger partial charge in [0.1, 0.15) is 12.1 Å². The maximum Gasteiger partial charge on any atom is 0.137 e. The minimum absolute atomic E-state index is 0.417. The van der Waals surface area contributed by atoms with Crippen molar-refractivity contribution in [3.05, 3.63) is 30.1 Å². The van der Waals surface area contributed by atoms with E-state index in [9.17, 15) is 0 Å². The molecule has 6 heteroatoms. The van der Waals surface area contributed by atoms with Crippen molar-refractivity contribution >= 4 is 16.7 Å². The zero-order chi connectivity index (χ0) is 17.8. The van der Waals surface area contributed by atoms with Gasteiger partial charge in [-0.15, -0.1) is 0 Å². The molecule has 1 saturated carbocycles. The van der Waals surface area contributed by atoms with Crippen LogP contribution >= 0.6 is 0 Å². The van der Waals surface area contributed by atoms with Crippen LogP contribution < -0.4 is 10.6 Å². The van der Waals surface area contributed by atoms with E-state index in [1.165, 1.54) is 38.8 Å². The summed E-state index contributed by atoms with van der Waals surface area (Å²) in [5.74, 6) is 0.903. The summed E-state index contributed by atoms with van der Waals surface area (Å²) in [6, 6.07) is 9.42. The summed E-state index contributed by atoms with van der Waals surface area (Å²) in [7, 11) is 0. The van der Waals surface area contributed by atoms with Crippen molar-refractivity contribution in [1.29, 1.82) is 5.26 Å². The van der Waals surface area contributed by atoms with Crippen LogP contribution in [-0.4, -0.2) is 53.1 Å². The number of hydrogen-bond acceptors (Lipinski definition) is 6. The molecule has 0 bridgehead atoms. The lowest BCUT2D eigenvalue weighted by Crippen LogP contribution is -2.50. The first kappa shape index (κ1) is 17.2. The van der Waals surface area contributed by atoms with Crippen LogP contribution in [-0.2, 0) is 6.42 Å². The third kappa shape index (κ3) is 3.79. The molecule has 0 spiro atoms. The Morgan fingerprint density at radius 3 is 2.73 bits per heavy atom. The second-order valence-electron chi connectivity index (χ2n) is 7.34. The predicted molar refractivity (Wildman–Crippen MR) is 103 cm³/mol. The van der Waals surface area contributed by atoms with Crippen LogP contribution in [0.3, 0.4) is 0 Å². The molecule has 1 aliphatic heterocycles. The van der Waals surface area contributed by atoms with Gasteiger partial charge in [-0.25, -0.2) is 9.97 Å². The highest BCUT2D eigenvalue weighted by atomic mass is 15.2. The number of anilines is 1. The largest absolute Gasteiger partial charge is 0.367 e. The van der Waals surface area contributed by atoms with Gasteiger partial charge in [0.25, 0.3) is 0 Å². The number of nitrogens with one attached hydrogen (secondary N) is 2. The first-order valence-electron chi connectivity index (χ1n) is 9.65. The van der Waals surface area contributed by atoms with Crippen molar-refractivity contribution in [1.82, 2.24) is 20.2 Å². The molecule has 26 heavy (non-hydrogen) atoms. The van der Waals surface area contributed by atoms with E-state index in [4.69, 9.17) is 5.26 Å². The molecule has 2 aliphatic rings. The summed E-state index contributed by atoms with van der Waals surface area (Å²) in [5, 5.41) is 17.1. The van der Waals surface area contributed by atoms with Gasteiger partial charge < -0.3 is 10.6 Å². The van der Waals surface area contributed by atoms with Gasteiger partial charge in [0.05, 0.1) is 18.0 Å². The quantitative estimate of drug-likeness (QED) is 0.881. The van der Waals surface area contributed by atoms with Crippen LogP contribution in [0.15, 0.2) is 24.5 Å². The molecule has 2 fully saturated rings. The minimum atomic E-state index is 0.417. The molecule has 1 aliphatic carbocycles. The Balaban J connectivity index is 1.43. The van der Waals surface area contributed by atoms with E-state index in [0.29, 0.717) is 12.5 Å². The van der Waals surface area contributed by atoms with E-state index in [-0.39, 0.29) is 0 Å². The monoisotopic (exact) mass is 350 g/mol. The Kier molecular flexibility index (Phi) is 5.28. The van der Waals surface area contributed by atoms with Crippen molar-refractivity contribution in [3.8, 4) is 6.07 Å². The van der Waals surface area contributed by atoms with Gasteiger partial charge >= 0.3 is 0 Å².